The molecule has 1 atom stereocenters. The van der Waals surface area contributed by atoms with Crippen LogP contribution in [-0.4, -0.2) is 35.4 Å². The zero-order chi connectivity index (χ0) is 21.4. The highest BCUT2D eigenvalue weighted by Crippen LogP contribution is 2.21. The number of halogens is 1. The number of amides is 2. The van der Waals surface area contributed by atoms with Gasteiger partial charge in [-0.15, -0.1) is 11.8 Å². The fourth-order valence-corrected chi connectivity index (χ4v) is 3.52. The Balaban J connectivity index is 1.82. The zero-order valence-electron chi connectivity index (χ0n) is 17.2. The summed E-state index contributed by atoms with van der Waals surface area (Å²) in [6.07, 6.45) is 0. The van der Waals surface area contributed by atoms with E-state index in [4.69, 9.17) is 0 Å². The van der Waals surface area contributed by atoms with E-state index in [1.807, 2.05) is 24.3 Å². The van der Waals surface area contributed by atoms with Crippen LogP contribution in [0, 0.1) is 5.82 Å². The summed E-state index contributed by atoms with van der Waals surface area (Å²) in [5.41, 5.74) is 2.36. The van der Waals surface area contributed by atoms with Gasteiger partial charge in [-0.3, -0.25) is 9.59 Å². The molecule has 0 saturated heterocycles. The van der Waals surface area contributed by atoms with Gasteiger partial charge in [-0.2, -0.15) is 0 Å². The zero-order valence-corrected chi connectivity index (χ0v) is 18.1. The number of thioether (sulfide) groups is 1. The minimum absolute atomic E-state index is 0.130. The molecule has 0 saturated carbocycles. The summed E-state index contributed by atoms with van der Waals surface area (Å²) in [5, 5.41) is 5.17. The molecule has 0 radical (unpaired) electrons. The minimum atomic E-state index is -0.392. The maximum atomic E-state index is 12.9. The van der Waals surface area contributed by atoms with Gasteiger partial charge < -0.3 is 15.5 Å². The number of carbonyl (C=O) groups excluding carboxylic acids is 2. The minimum Gasteiger partial charge on any atom is -0.369 e. The molecule has 2 amide bonds. The van der Waals surface area contributed by atoms with Crippen molar-refractivity contribution in [3.8, 4) is 0 Å². The summed E-state index contributed by atoms with van der Waals surface area (Å²) in [5.74, 6) is -0.625. The van der Waals surface area contributed by atoms with Gasteiger partial charge in [-0.25, -0.2) is 4.39 Å². The van der Waals surface area contributed by atoms with Crippen molar-refractivity contribution in [3.05, 3.63) is 54.3 Å². The van der Waals surface area contributed by atoms with E-state index < -0.39 is 5.25 Å². The summed E-state index contributed by atoms with van der Waals surface area (Å²) in [4.78, 5) is 26.7. The maximum Gasteiger partial charge on any atom is 0.237 e. The van der Waals surface area contributed by atoms with E-state index >= 15 is 0 Å². The molecule has 0 aliphatic rings. The standard InChI is InChI=1S/C22H28FN3O2S/c1-5-26(15(2)3)20-12-10-19(11-13-20)25-22(28)16(4)29-14-21(27)24-18-8-6-17(23)7-9-18/h6-13,15-16H,5,14H2,1-4H3,(H,24,27)(H,25,28). The van der Waals surface area contributed by atoms with E-state index in [1.165, 1.54) is 36.0 Å². The Hall–Kier alpha value is -2.54. The van der Waals surface area contributed by atoms with Gasteiger partial charge in [0, 0.05) is 29.6 Å². The van der Waals surface area contributed by atoms with Gasteiger partial charge in [0.15, 0.2) is 0 Å². The van der Waals surface area contributed by atoms with Gasteiger partial charge in [0.2, 0.25) is 11.8 Å². The molecule has 0 fully saturated rings. The number of anilines is 3. The molecule has 0 bridgehead atoms. The van der Waals surface area contributed by atoms with Gasteiger partial charge in [-0.1, -0.05) is 0 Å². The van der Waals surface area contributed by atoms with Gasteiger partial charge in [0.1, 0.15) is 5.82 Å². The monoisotopic (exact) mass is 417 g/mol. The largest absolute Gasteiger partial charge is 0.369 e. The third kappa shape index (κ3) is 7.09. The molecule has 29 heavy (non-hydrogen) atoms. The van der Waals surface area contributed by atoms with E-state index in [0.29, 0.717) is 11.7 Å². The predicted octanol–water partition coefficient (Wildman–Crippen LogP) is 4.76. The Morgan fingerprint density at radius 1 is 0.966 bits per heavy atom. The molecule has 2 N–H and O–H groups in total. The molecule has 2 aromatic rings. The Morgan fingerprint density at radius 2 is 1.52 bits per heavy atom. The third-order valence-electron chi connectivity index (χ3n) is 4.39. The molecular weight excluding hydrogens is 389 g/mol. The Kier molecular flexibility index (Phi) is 8.51. The number of nitrogens with one attached hydrogen (secondary N) is 2. The van der Waals surface area contributed by atoms with E-state index in [-0.39, 0.29) is 23.4 Å². The van der Waals surface area contributed by atoms with Crippen LogP contribution < -0.4 is 15.5 Å². The number of carbonyl (C=O) groups is 2. The van der Waals surface area contributed by atoms with Crippen LogP contribution in [0.5, 0.6) is 0 Å². The summed E-state index contributed by atoms with van der Waals surface area (Å²) >= 11 is 1.24. The lowest BCUT2D eigenvalue weighted by Crippen LogP contribution is -2.30. The molecule has 0 heterocycles. The van der Waals surface area contributed by atoms with E-state index in [9.17, 15) is 14.0 Å². The molecule has 2 rings (SSSR count). The normalized spacial score (nSPS) is 11.8. The highest BCUT2D eigenvalue weighted by molar-refractivity contribution is 8.01. The van der Waals surface area contributed by atoms with Crippen molar-refractivity contribution >= 4 is 40.6 Å². The lowest BCUT2D eigenvalue weighted by atomic mass is 10.2. The van der Waals surface area contributed by atoms with Gasteiger partial charge in [0.25, 0.3) is 0 Å². The molecule has 156 valence electrons. The molecule has 0 aliphatic heterocycles. The number of hydrogen-bond donors (Lipinski definition) is 2. The lowest BCUT2D eigenvalue weighted by molar-refractivity contribution is -0.115. The van der Waals surface area contributed by atoms with Crippen LogP contribution in [-0.2, 0) is 9.59 Å². The first-order chi connectivity index (χ1) is 13.8. The first-order valence-electron chi connectivity index (χ1n) is 9.64. The Morgan fingerprint density at radius 3 is 2.07 bits per heavy atom. The summed E-state index contributed by atoms with van der Waals surface area (Å²) in [7, 11) is 0. The summed E-state index contributed by atoms with van der Waals surface area (Å²) in [6, 6.07) is 13.7. The Bertz CT molecular complexity index is 810. The van der Waals surface area contributed by atoms with Crippen LogP contribution in [0.3, 0.4) is 0 Å². The molecular formula is C22H28FN3O2S. The highest BCUT2D eigenvalue weighted by Gasteiger charge is 2.16. The van der Waals surface area contributed by atoms with E-state index in [2.05, 4.69) is 36.3 Å². The van der Waals surface area contributed by atoms with Crippen molar-refractivity contribution in [2.75, 3.05) is 27.8 Å². The molecule has 5 nitrogen and oxygen atoms in total. The van der Waals surface area contributed by atoms with Crippen molar-refractivity contribution < 1.29 is 14.0 Å². The second-order valence-corrected chi connectivity index (χ2v) is 8.25. The van der Waals surface area contributed by atoms with Crippen LogP contribution in [0.1, 0.15) is 27.7 Å². The molecule has 0 spiro atoms. The SMILES string of the molecule is CCN(c1ccc(NC(=O)C(C)SCC(=O)Nc2ccc(F)cc2)cc1)C(C)C. The van der Waals surface area contributed by atoms with Gasteiger partial charge in [0.05, 0.1) is 11.0 Å². The van der Waals surface area contributed by atoms with Crippen molar-refractivity contribution in [3.63, 3.8) is 0 Å². The highest BCUT2D eigenvalue weighted by atomic mass is 32.2. The number of benzene rings is 2. The molecule has 7 heteroatoms. The summed E-state index contributed by atoms with van der Waals surface area (Å²) in [6.45, 7) is 9.07. The molecule has 0 aliphatic carbocycles. The first kappa shape index (κ1) is 22.7. The lowest BCUT2D eigenvalue weighted by Gasteiger charge is -2.27. The van der Waals surface area contributed by atoms with Crippen molar-refractivity contribution in [1.82, 2.24) is 0 Å². The maximum absolute atomic E-state index is 12.9. The molecule has 0 aromatic heterocycles. The topological polar surface area (TPSA) is 61.4 Å². The predicted molar refractivity (Wildman–Crippen MR) is 120 cm³/mol. The Labute approximate surface area is 176 Å². The second-order valence-electron chi connectivity index (χ2n) is 6.92. The van der Waals surface area contributed by atoms with Crippen LogP contribution in [0.25, 0.3) is 0 Å². The first-order valence-corrected chi connectivity index (χ1v) is 10.7. The number of rotatable bonds is 9. The van der Waals surface area contributed by atoms with Gasteiger partial charge in [-0.05, 0) is 76.2 Å². The smallest absolute Gasteiger partial charge is 0.237 e. The number of nitrogens with zero attached hydrogens (tertiary/aromatic N) is 1. The fraction of sp³-hybridized carbons (Fsp3) is 0.364. The van der Waals surface area contributed by atoms with Crippen LogP contribution in [0.2, 0.25) is 0 Å². The summed E-state index contributed by atoms with van der Waals surface area (Å²) < 4.78 is 12.9. The average molecular weight is 418 g/mol. The van der Waals surface area contributed by atoms with Crippen molar-refractivity contribution in [2.45, 2.75) is 39.0 Å². The van der Waals surface area contributed by atoms with Crippen LogP contribution >= 0.6 is 11.8 Å². The molecule has 1 unspecified atom stereocenters. The average Bonchev–Trinajstić information content (AvgIpc) is 2.69. The van der Waals surface area contributed by atoms with E-state index in [0.717, 1.165) is 17.9 Å². The van der Waals surface area contributed by atoms with Crippen molar-refractivity contribution in [2.24, 2.45) is 0 Å². The fourth-order valence-electron chi connectivity index (χ4n) is 2.83. The third-order valence-corrected chi connectivity index (χ3v) is 5.54. The van der Waals surface area contributed by atoms with Crippen molar-refractivity contribution in [1.29, 1.82) is 0 Å². The van der Waals surface area contributed by atoms with E-state index in [1.54, 1.807) is 6.92 Å². The van der Waals surface area contributed by atoms with Crippen LogP contribution in [0.15, 0.2) is 48.5 Å². The van der Waals surface area contributed by atoms with Crippen LogP contribution in [0.4, 0.5) is 21.5 Å². The number of hydrogen-bond acceptors (Lipinski definition) is 4. The quantitative estimate of drug-likeness (QED) is 0.618. The molecule has 2 aromatic carbocycles. The second kappa shape index (κ2) is 10.9. The van der Waals surface area contributed by atoms with Gasteiger partial charge >= 0.3 is 0 Å².